The van der Waals surface area contributed by atoms with Crippen molar-refractivity contribution >= 4 is 12.2 Å². The van der Waals surface area contributed by atoms with Gasteiger partial charge in [-0.2, -0.15) is 5.10 Å². The minimum atomic E-state index is -0.307. The van der Waals surface area contributed by atoms with Crippen LogP contribution in [0.15, 0.2) is 55.0 Å². The van der Waals surface area contributed by atoms with Crippen LogP contribution >= 0.6 is 0 Å². The van der Waals surface area contributed by atoms with Crippen LogP contribution in [0.25, 0.3) is 29.2 Å². The van der Waals surface area contributed by atoms with Gasteiger partial charge in [0.25, 0.3) is 0 Å². The summed E-state index contributed by atoms with van der Waals surface area (Å²) >= 11 is 0. The first-order valence-corrected chi connectivity index (χ1v) is 8.56. The van der Waals surface area contributed by atoms with E-state index in [1.807, 2.05) is 42.2 Å². The van der Waals surface area contributed by atoms with Gasteiger partial charge in [0.2, 0.25) is 0 Å². The third-order valence-electron chi connectivity index (χ3n) is 4.23. The number of rotatable bonds is 4. The summed E-state index contributed by atoms with van der Waals surface area (Å²) in [6.45, 7) is 4.04. The van der Waals surface area contributed by atoms with Gasteiger partial charge < -0.3 is 4.57 Å². The van der Waals surface area contributed by atoms with Gasteiger partial charge in [-0.15, -0.1) is 0 Å². The summed E-state index contributed by atoms with van der Waals surface area (Å²) in [7, 11) is 0. The predicted molar refractivity (Wildman–Crippen MR) is 104 cm³/mol. The monoisotopic (exact) mass is 359 g/mol. The predicted octanol–water partition coefficient (Wildman–Crippen LogP) is 4.58. The first kappa shape index (κ1) is 16.9. The van der Waals surface area contributed by atoms with E-state index in [2.05, 4.69) is 39.2 Å². The second-order valence-electron chi connectivity index (χ2n) is 6.36. The summed E-state index contributed by atoms with van der Waals surface area (Å²) in [6, 6.07) is 12.4. The molecule has 0 aliphatic heterocycles. The van der Waals surface area contributed by atoms with Crippen LogP contribution < -0.4 is 0 Å². The molecular weight excluding hydrogens is 341 g/mol. The number of hydrogen-bond acceptors (Lipinski definition) is 3. The Hall–Kier alpha value is -3.54. The first-order valence-electron chi connectivity index (χ1n) is 8.56. The van der Waals surface area contributed by atoms with Gasteiger partial charge in [-0.25, -0.2) is 14.4 Å². The van der Waals surface area contributed by atoms with Crippen molar-refractivity contribution in [2.75, 3.05) is 0 Å². The summed E-state index contributed by atoms with van der Waals surface area (Å²) < 4.78 is 15.4. The van der Waals surface area contributed by atoms with E-state index in [1.54, 1.807) is 12.1 Å². The highest BCUT2D eigenvalue weighted by atomic mass is 19.1. The van der Waals surface area contributed by atoms with Crippen LogP contribution in [0.3, 0.4) is 0 Å². The van der Waals surface area contributed by atoms with Gasteiger partial charge in [0.15, 0.2) is 5.82 Å². The zero-order valence-electron chi connectivity index (χ0n) is 15.0. The van der Waals surface area contributed by atoms with E-state index in [0.717, 1.165) is 22.5 Å². The number of aromatic amines is 1. The van der Waals surface area contributed by atoms with Gasteiger partial charge in [-0.3, -0.25) is 5.10 Å². The summed E-state index contributed by atoms with van der Waals surface area (Å²) in [5, 5.41) is 7.01. The Morgan fingerprint density at radius 2 is 1.96 bits per heavy atom. The molecule has 0 aliphatic rings. The lowest BCUT2D eigenvalue weighted by atomic mass is 10.1. The standard InChI is InChI=1S/C21H18FN5/c1-14-10-16(6-8-19(14)27-12-15(2)23-13-27)7-9-20-24-21(26-25-20)17-4-3-5-18(22)11-17/h3-13H,1-2H3,(H,24,25,26)/b9-7+. The van der Waals surface area contributed by atoms with Crippen molar-refractivity contribution < 1.29 is 4.39 Å². The van der Waals surface area contributed by atoms with E-state index in [9.17, 15) is 4.39 Å². The zero-order valence-corrected chi connectivity index (χ0v) is 15.0. The molecule has 0 atom stereocenters. The Morgan fingerprint density at radius 3 is 2.70 bits per heavy atom. The topological polar surface area (TPSA) is 59.4 Å². The molecule has 134 valence electrons. The molecule has 5 nitrogen and oxygen atoms in total. The van der Waals surface area contributed by atoms with Crippen LogP contribution in [-0.2, 0) is 0 Å². The van der Waals surface area contributed by atoms with Crippen molar-refractivity contribution in [3.63, 3.8) is 0 Å². The van der Waals surface area contributed by atoms with Crippen molar-refractivity contribution in [2.45, 2.75) is 13.8 Å². The van der Waals surface area contributed by atoms with Crippen LogP contribution in [0.4, 0.5) is 4.39 Å². The Kier molecular flexibility index (Phi) is 4.38. The largest absolute Gasteiger partial charge is 0.306 e. The molecule has 2 aromatic heterocycles. The van der Waals surface area contributed by atoms with E-state index in [-0.39, 0.29) is 5.82 Å². The van der Waals surface area contributed by atoms with E-state index in [1.165, 1.54) is 12.1 Å². The molecule has 0 fully saturated rings. The molecule has 0 unspecified atom stereocenters. The smallest absolute Gasteiger partial charge is 0.181 e. The molecule has 2 heterocycles. The number of halogens is 1. The van der Waals surface area contributed by atoms with Crippen LogP contribution in [0.5, 0.6) is 0 Å². The highest BCUT2D eigenvalue weighted by Gasteiger charge is 2.06. The molecule has 0 bridgehead atoms. The third kappa shape index (κ3) is 3.69. The number of aromatic nitrogens is 5. The van der Waals surface area contributed by atoms with E-state index < -0.39 is 0 Å². The average molecular weight is 359 g/mol. The summed E-state index contributed by atoms with van der Waals surface area (Å²) in [5.41, 5.74) is 4.92. The number of imidazole rings is 1. The fourth-order valence-electron chi connectivity index (χ4n) is 2.91. The number of H-pyrrole nitrogens is 1. The fraction of sp³-hybridized carbons (Fsp3) is 0.0952. The van der Waals surface area contributed by atoms with Crippen LogP contribution in [0.1, 0.15) is 22.6 Å². The highest BCUT2D eigenvalue weighted by molar-refractivity contribution is 5.69. The molecule has 0 aliphatic carbocycles. The Morgan fingerprint density at radius 1 is 1.07 bits per heavy atom. The summed E-state index contributed by atoms with van der Waals surface area (Å²) in [5.74, 6) is 0.774. The molecule has 0 radical (unpaired) electrons. The maximum Gasteiger partial charge on any atom is 0.181 e. The molecule has 4 aromatic rings. The zero-order chi connectivity index (χ0) is 18.8. The van der Waals surface area contributed by atoms with Crippen molar-refractivity contribution in [3.05, 3.63) is 83.5 Å². The van der Waals surface area contributed by atoms with Gasteiger partial charge in [0.05, 0.1) is 12.0 Å². The Bertz CT molecular complexity index is 1120. The van der Waals surface area contributed by atoms with Crippen LogP contribution in [0.2, 0.25) is 0 Å². The molecular formula is C21H18FN5. The number of aryl methyl sites for hydroxylation is 2. The first-order chi connectivity index (χ1) is 13.1. The second kappa shape index (κ2) is 6.99. The highest BCUT2D eigenvalue weighted by Crippen LogP contribution is 2.19. The quantitative estimate of drug-likeness (QED) is 0.580. The molecule has 0 spiro atoms. The molecule has 4 rings (SSSR count). The normalized spacial score (nSPS) is 11.4. The molecule has 2 aromatic carbocycles. The molecule has 0 saturated carbocycles. The maximum atomic E-state index is 13.3. The van der Waals surface area contributed by atoms with Crippen molar-refractivity contribution in [3.8, 4) is 17.1 Å². The summed E-state index contributed by atoms with van der Waals surface area (Å²) in [4.78, 5) is 8.67. The Balaban J connectivity index is 1.54. The second-order valence-corrected chi connectivity index (χ2v) is 6.36. The van der Waals surface area contributed by atoms with Crippen LogP contribution in [-0.4, -0.2) is 24.7 Å². The fourth-order valence-corrected chi connectivity index (χ4v) is 2.91. The SMILES string of the molecule is Cc1cn(-c2ccc(/C=C/c3nc(-c4cccc(F)c4)n[nH]3)cc2C)cn1. The van der Waals surface area contributed by atoms with E-state index >= 15 is 0 Å². The maximum absolute atomic E-state index is 13.3. The molecule has 0 saturated heterocycles. The van der Waals surface area contributed by atoms with Crippen molar-refractivity contribution in [2.24, 2.45) is 0 Å². The minimum absolute atomic E-state index is 0.307. The van der Waals surface area contributed by atoms with Gasteiger partial charge in [0.1, 0.15) is 11.6 Å². The number of nitrogens with zero attached hydrogens (tertiary/aromatic N) is 4. The van der Waals surface area contributed by atoms with Gasteiger partial charge in [-0.1, -0.05) is 24.3 Å². The molecule has 1 N–H and O–H groups in total. The number of benzene rings is 2. The Labute approximate surface area is 156 Å². The number of hydrogen-bond donors (Lipinski definition) is 1. The minimum Gasteiger partial charge on any atom is -0.306 e. The molecule has 6 heteroatoms. The summed E-state index contributed by atoms with van der Waals surface area (Å²) in [6.07, 6.45) is 7.63. The lowest BCUT2D eigenvalue weighted by molar-refractivity contribution is 0.628. The average Bonchev–Trinajstić information content (AvgIpc) is 3.29. The van der Waals surface area contributed by atoms with E-state index in [4.69, 9.17) is 0 Å². The number of nitrogens with one attached hydrogen (secondary N) is 1. The molecule has 27 heavy (non-hydrogen) atoms. The van der Waals surface area contributed by atoms with Gasteiger partial charge >= 0.3 is 0 Å². The molecule has 0 amide bonds. The van der Waals surface area contributed by atoms with Gasteiger partial charge in [0, 0.05) is 17.4 Å². The lowest BCUT2D eigenvalue weighted by Gasteiger charge is -2.07. The van der Waals surface area contributed by atoms with Crippen LogP contribution in [0, 0.1) is 19.7 Å². The van der Waals surface area contributed by atoms with Crippen molar-refractivity contribution in [1.29, 1.82) is 0 Å². The third-order valence-corrected chi connectivity index (χ3v) is 4.23. The van der Waals surface area contributed by atoms with E-state index in [0.29, 0.717) is 17.2 Å². The van der Waals surface area contributed by atoms with Crippen molar-refractivity contribution in [1.82, 2.24) is 24.7 Å². The van der Waals surface area contributed by atoms with Gasteiger partial charge in [-0.05, 0) is 55.3 Å². The lowest BCUT2D eigenvalue weighted by Crippen LogP contribution is -1.94.